The number of aromatic nitrogens is 1. The number of anilines is 1. The summed E-state index contributed by atoms with van der Waals surface area (Å²) in [5, 5.41) is 9.62. The van der Waals surface area contributed by atoms with E-state index in [1.165, 1.54) is 17.5 Å². The van der Waals surface area contributed by atoms with Gasteiger partial charge >= 0.3 is 5.97 Å². The fraction of sp³-hybridized carbons (Fsp3) is 0.600. The topological polar surface area (TPSA) is 56.7 Å². The van der Waals surface area contributed by atoms with E-state index in [1.54, 1.807) is 0 Å². The first kappa shape index (κ1) is 11.3. The standard InChI is InChI=1S/C10H15N3O2S/c1-12-4-3-7(6-12)13(2)10-11-5-8(16-10)9(14)15/h5,7H,3-4,6H2,1-2H3,(H,14,15). The van der Waals surface area contributed by atoms with Gasteiger partial charge in [-0.3, -0.25) is 0 Å². The van der Waals surface area contributed by atoms with Crippen LogP contribution in [0.1, 0.15) is 16.1 Å². The summed E-state index contributed by atoms with van der Waals surface area (Å²) in [4.78, 5) is 19.6. The second kappa shape index (κ2) is 4.39. The number of rotatable bonds is 3. The molecule has 1 aromatic heterocycles. The Balaban J connectivity index is 2.08. The fourth-order valence-electron chi connectivity index (χ4n) is 1.91. The minimum Gasteiger partial charge on any atom is -0.477 e. The van der Waals surface area contributed by atoms with E-state index in [-0.39, 0.29) is 0 Å². The van der Waals surface area contributed by atoms with Crippen molar-refractivity contribution in [1.29, 1.82) is 0 Å². The lowest BCUT2D eigenvalue weighted by molar-refractivity contribution is 0.0702. The smallest absolute Gasteiger partial charge is 0.347 e. The van der Waals surface area contributed by atoms with Crippen molar-refractivity contribution in [3.8, 4) is 0 Å². The van der Waals surface area contributed by atoms with Crippen LogP contribution in [0.25, 0.3) is 0 Å². The van der Waals surface area contributed by atoms with Gasteiger partial charge in [0.25, 0.3) is 0 Å². The average Bonchev–Trinajstić information content (AvgIpc) is 2.84. The van der Waals surface area contributed by atoms with Crippen LogP contribution in [0.15, 0.2) is 6.20 Å². The second-order valence-corrected chi connectivity index (χ2v) is 5.14. The highest BCUT2D eigenvalue weighted by Crippen LogP contribution is 2.25. The van der Waals surface area contributed by atoms with Gasteiger partial charge in [-0.25, -0.2) is 9.78 Å². The molecule has 1 fully saturated rings. The van der Waals surface area contributed by atoms with Crippen LogP contribution in [0.4, 0.5) is 5.13 Å². The zero-order chi connectivity index (χ0) is 11.7. The molecule has 0 amide bonds. The van der Waals surface area contributed by atoms with E-state index in [0.29, 0.717) is 10.9 Å². The summed E-state index contributed by atoms with van der Waals surface area (Å²) in [6.07, 6.45) is 2.53. The highest BCUT2D eigenvalue weighted by Gasteiger charge is 2.25. The summed E-state index contributed by atoms with van der Waals surface area (Å²) in [5.74, 6) is -0.902. The molecule has 0 aromatic carbocycles. The third-order valence-corrected chi connectivity index (χ3v) is 4.00. The van der Waals surface area contributed by atoms with Crippen LogP contribution >= 0.6 is 11.3 Å². The maximum Gasteiger partial charge on any atom is 0.347 e. The first-order chi connectivity index (χ1) is 7.58. The van der Waals surface area contributed by atoms with E-state index in [4.69, 9.17) is 5.11 Å². The molecule has 1 N–H and O–H groups in total. The van der Waals surface area contributed by atoms with Gasteiger partial charge < -0.3 is 14.9 Å². The molecule has 16 heavy (non-hydrogen) atoms. The Bertz CT molecular complexity index is 393. The second-order valence-electron chi connectivity index (χ2n) is 4.13. The molecule has 2 rings (SSSR count). The largest absolute Gasteiger partial charge is 0.477 e. The number of carboxylic acid groups (broad SMARTS) is 1. The zero-order valence-electron chi connectivity index (χ0n) is 9.38. The molecule has 0 saturated carbocycles. The van der Waals surface area contributed by atoms with Crippen LogP contribution in [0, 0.1) is 0 Å². The summed E-state index contributed by atoms with van der Waals surface area (Å²) < 4.78 is 0. The molecule has 1 atom stereocenters. The number of carboxylic acids is 1. The summed E-state index contributed by atoms with van der Waals surface area (Å²) in [6.45, 7) is 2.10. The van der Waals surface area contributed by atoms with E-state index < -0.39 is 5.97 Å². The Hall–Kier alpha value is -1.14. The number of hydrogen-bond acceptors (Lipinski definition) is 5. The van der Waals surface area contributed by atoms with Gasteiger partial charge in [0, 0.05) is 19.6 Å². The summed E-state index contributed by atoms with van der Waals surface area (Å²) in [5.41, 5.74) is 0. The van der Waals surface area contributed by atoms with Gasteiger partial charge in [0.2, 0.25) is 0 Å². The highest BCUT2D eigenvalue weighted by molar-refractivity contribution is 7.17. The summed E-state index contributed by atoms with van der Waals surface area (Å²) in [7, 11) is 4.08. The SMILES string of the molecule is CN1CCC(N(C)c2ncc(C(=O)O)s2)C1. The molecule has 0 bridgehead atoms. The molecule has 6 heteroatoms. The first-order valence-corrected chi connectivity index (χ1v) is 6.00. The van der Waals surface area contributed by atoms with E-state index in [2.05, 4.69) is 21.8 Å². The van der Waals surface area contributed by atoms with Gasteiger partial charge in [-0.2, -0.15) is 0 Å². The van der Waals surface area contributed by atoms with E-state index >= 15 is 0 Å². The van der Waals surface area contributed by atoms with Crippen molar-refractivity contribution in [2.45, 2.75) is 12.5 Å². The Labute approximate surface area is 98.3 Å². The van der Waals surface area contributed by atoms with Crippen LogP contribution in [-0.2, 0) is 0 Å². The molecule has 1 aromatic rings. The number of aromatic carboxylic acids is 1. The Morgan fingerprint density at radius 2 is 2.50 bits per heavy atom. The fourth-order valence-corrected chi connectivity index (χ4v) is 2.70. The van der Waals surface area contributed by atoms with Crippen molar-refractivity contribution in [3.05, 3.63) is 11.1 Å². The van der Waals surface area contributed by atoms with E-state index in [1.807, 2.05) is 7.05 Å². The Morgan fingerprint density at radius 1 is 1.75 bits per heavy atom. The van der Waals surface area contributed by atoms with Crippen molar-refractivity contribution in [3.63, 3.8) is 0 Å². The van der Waals surface area contributed by atoms with Crippen molar-refractivity contribution in [2.24, 2.45) is 0 Å². The number of likely N-dealkylation sites (tertiary alicyclic amines) is 1. The number of nitrogens with zero attached hydrogens (tertiary/aromatic N) is 3. The molecule has 0 aliphatic carbocycles. The van der Waals surface area contributed by atoms with E-state index in [0.717, 1.165) is 24.6 Å². The molecular weight excluding hydrogens is 226 g/mol. The van der Waals surface area contributed by atoms with E-state index in [9.17, 15) is 4.79 Å². The lowest BCUT2D eigenvalue weighted by atomic mass is 10.2. The van der Waals surface area contributed by atoms with Crippen molar-refractivity contribution >= 4 is 22.4 Å². The van der Waals surface area contributed by atoms with Crippen LogP contribution in [0.5, 0.6) is 0 Å². The van der Waals surface area contributed by atoms with Gasteiger partial charge in [0.05, 0.1) is 6.20 Å². The monoisotopic (exact) mass is 241 g/mol. The minimum absolute atomic E-state index is 0.299. The summed E-state index contributed by atoms with van der Waals surface area (Å²) in [6, 6.07) is 0.442. The predicted octanol–water partition coefficient (Wildman–Crippen LogP) is 0.982. The molecule has 1 aliphatic heterocycles. The third-order valence-electron chi connectivity index (χ3n) is 2.92. The highest BCUT2D eigenvalue weighted by atomic mass is 32.1. The number of thiazole rings is 1. The Morgan fingerprint density at radius 3 is 3.00 bits per heavy atom. The lowest BCUT2D eigenvalue weighted by Gasteiger charge is -2.23. The van der Waals surface area contributed by atoms with Crippen molar-refractivity contribution < 1.29 is 9.90 Å². The molecule has 2 heterocycles. The number of likely N-dealkylation sites (N-methyl/N-ethyl adjacent to an activating group) is 2. The molecule has 1 saturated heterocycles. The molecule has 1 aliphatic rings. The van der Waals surface area contributed by atoms with Crippen molar-refractivity contribution in [2.75, 3.05) is 32.1 Å². The predicted molar refractivity (Wildman–Crippen MR) is 63.4 cm³/mol. The molecule has 0 radical (unpaired) electrons. The van der Waals surface area contributed by atoms with Gasteiger partial charge in [0.1, 0.15) is 4.88 Å². The van der Waals surface area contributed by atoms with Crippen LogP contribution < -0.4 is 4.90 Å². The quantitative estimate of drug-likeness (QED) is 0.855. The molecule has 1 unspecified atom stereocenters. The van der Waals surface area contributed by atoms with Gasteiger partial charge in [-0.1, -0.05) is 11.3 Å². The number of hydrogen-bond donors (Lipinski definition) is 1. The summed E-state index contributed by atoms with van der Waals surface area (Å²) >= 11 is 1.23. The number of carbonyl (C=O) groups is 1. The molecule has 0 spiro atoms. The van der Waals surface area contributed by atoms with Crippen LogP contribution in [-0.4, -0.2) is 54.2 Å². The normalized spacial score (nSPS) is 21.2. The average molecular weight is 241 g/mol. The Kier molecular flexibility index (Phi) is 3.11. The van der Waals surface area contributed by atoms with Gasteiger partial charge in [0.15, 0.2) is 5.13 Å². The minimum atomic E-state index is -0.902. The van der Waals surface area contributed by atoms with Gasteiger partial charge in [-0.15, -0.1) is 0 Å². The maximum absolute atomic E-state index is 10.8. The van der Waals surface area contributed by atoms with Gasteiger partial charge in [-0.05, 0) is 20.0 Å². The molecule has 5 nitrogen and oxygen atoms in total. The third kappa shape index (κ3) is 2.17. The maximum atomic E-state index is 10.8. The lowest BCUT2D eigenvalue weighted by Crippen LogP contribution is -2.33. The van der Waals surface area contributed by atoms with Crippen molar-refractivity contribution in [1.82, 2.24) is 9.88 Å². The van der Waals surface area contributed by atoms with Crippen LogP contribution in [0.3, 0.4) is 0 Å². The molecular formula is C10H15N3O2S. The van der Waals surface area contributed by atoms with Crippen LogP contribution in [0.2, 0.25) is 0 Å². The zero-order valence-corrected chi connectivity index (χ0v) is 10.2. The first-order valence-electron chi connectivity index (χ1n) is 5.18. The molecule has 88 valence electrons.